The highest BCUT2D eigenvalue weighted by atomic mass is 16.6. The van der Waals surface area contributed by atoms with Crippen molar-refractivity contribution in [3.8, 4) is 0 Å². The van der Waals surface area contributed by atoms with Crippen molar-refractivity contribution in [3.05, 3.63) is 30.1 Å². The number of carboxylic acids is 1. The zero-order chi connectivity index (χ0) is 24.5. The summed E-state index contributed by atoms with van der Waals surface area (Å²) in [5, 5.41) is 20.1. The van der Waals surface area contributed by atoms with Crippen molar-refractivity contribution in [1.29, 1.82) is 0 Å². The molecule has 0 amide bonds. The fourth-order valence-electron chi connectivity index (χ4n) is 4.31. The van der Waals surface area contributed by atoms with E-state index >= 15 is 0 Å². The Labute approximate surface area is 197 Å². The maximum absolute atomic E-state index is 13.0. The molecule has 0 aliphatic carbocycles. The van der Waals surface area contributed by atoms with Gasteiger partial charge in [0.15, 0.2) is 11.4 Å². The second kappa shape index (κ2) is 9.58. The van der Waals surface area contributed by atoms with E-state index in [1.807, 2.05) is 45.0 Å². The Morgan fingerprint density at radius 3 is 2.68 bits per heavy atom. The van der Waals surface area contributed by atoms with E-state index in [2.05, 4.69) is 0 Å². The number of fused-ring (bicyclic) bond motifs is 3. The second-order valence-corrected chi connectivity index (χ2v) is 9.78. The molecule has 0 radical (unpaired) electrons. The number of aliphatic hydroxyl groups is 1. The SMILES string of the molecule is CC(C)(C)OC(=O)[C@@H]1C[C@H](O)CN1c1nc(CCCCCC(=O)O)nc2c1oc1ccccc12. The lowest BCUT2D eigenvalue weighted by Gasteiger charge is -2.28. The number of ether oxygens (including phenoxy) is 1. The smallest absolute Gasteiger partial charge is 0.329 e. The van der Waals surface area contributed by atoms with Gasteiger partial charge in [-0.15, -0.1) is 0 Å². The lowest BCUT2D eigenvalue weighted by atomic mass is 10.1. The van der Waals surface area contributed by atoms with E-state index in [9.17, 15) is 14.7 Å². The predicted molar refractivity (Wildman–Crippen MR) is 127 cm³/mol. The van der Waals surface area contributed by atoms with E-state index < -0.39 is 29.7 Å². The number of β-amino-alcohol motifs (C(OH)–C–C–N with tert-alkyl or cyclic N) is 1. The van der Waals surface area contributed by atoms with Crippen LogP contribution in [0.15, 0.2) is 28.7 Å². The molecule has 34 heavy (non-hydrogen) atoms. The molecular formula is C25H31N3O6. The molecule has 1 aromatic carbocycles. The minimum atomic E-state index is -0.800. The van der Waals surface area contributed by atoms with E-state index in [-0.39, 0.29) is 19.4 Å². The number of rotatable bonds is 8. The Kier molecular flexibility index (Phi) is 6.74. The average Bonchev–Trinajstić information content (AvgIpc) is 3.32. The van der Waals surface area contributed by atoms with E-state index in [0.717, 1.165) is 18.2 Å². The van der Waals surface area contributed by atoms with Crippen LogP contribution < -0.4 is 4.90 Å². The van der Waals surface area contributed by atoms with Crippen LogP contribution in [-0.4, -0.2) is 56.4 Å². The Bertz CT molecular complexity index is 1200. The predicted octanol–water partition coefficient (Wildman–Crippen LogP) is 3.84. The molecule has 1 fully saturated rings. The number of carbonyl (C=O) groups is 2. The Hall–Kier alpha value is -3.20. The van der Waals surface area contributed by atoms with Gasteiger partial charge in [-0.05, 0) is 45.7 Å². The van der Waals surface area contributed by atoms with Gasteiger partial charge in [0.2, 0.25) is 0 Å². The van der Waals surface area contributed by atoms with Crippen molar-refractivity contribution >= 4 is 39.8 Å². The van der Waals surface area contributed by atoms with Gasteiger partial charge in [-0.2, -0.15) is 0 Å². The number of hydrogen-bond acceptors (Lipinski definition) is 8. The van der Waals surface area contributed by atoms with Crippen molar-refractivity contribution < 1.29 is 29.0 Å². The molecule has 0 bridgehead atoms. The number of hydrogen-bond donors (Lipinski definition) is 2. The van der Waals surface area contributed by atoms with Crippen molar-refractivity contribution in [2.45, 2.75) is 77.0 Å². The van der Waals surface area contributed by atoms with Crippen LogP contribution in [0.1, 0.15) is 58.7 Å². The summed E-state index contributed by atoms with van der Waals surface area (Å²) in [4.78, 5) is 35.0. The first-order valence-electron chi connectivity index (χ1n) is 11.7. The van der Waals surface area contributed by atoms with Crippen molar-refractivity contribution in [3.63, 3.8) is 0 Å². The van der Waals surface area contributed by atoms with Crippen LogP contribution in [0.25, 0.3) is 22.1 Å². The third-order valence-corrected chi connectivity index (χ3v) is 5.77. The molecule has 9 nitrogen and oxygen atoms in total. The van der Waals surface area contributed by atoms with E-state index in [4.69, 9.17) is 24.2 Å². The number of aliphatic carboxylic acids is 1. The number of carboxylic acid groups (broad SMARTS) is 1. The molecule has 1 aliphatic rings. The minimum Gasteiger partial charge on any atom is -0.481 e. The van der Waals surface area contributed by atoms with Crippen molar-refractivity contribution in [2.24, 2.45) is 0 Å². The van der Waals surface area contributed by atoms with Gasteiger partial charge < -0.3 is 24.3 Å². The normalized spacial score (nSPS) is 18.6. The van der Waals surface area contributed by atoms with Gasteiger partial charge in [-0.25, -0.2) is 14.8 Å². The first-order valence-corrected chi connectivity index (χ1v) is 11.7. The van der Waals surface area contributed by atoms with Crippen molar-refractivity contribution in [2.75, 3.05) is 11.4 Å². The summed E-state index contributed by atoms with van der Waals surface area (Å²) in [6.45, 7) is 5.66. The van der Waals surface area contributed by atoms with Crippen LogP contribution in [0, 0.1) is 0 Å². The summed E-state index contributed by atoms with van der Waals surface area (Å²) in [7, 11) is 0. The molecule has 3 aromatic rings. The lowest BCUT2D eigenvalue weighted by Crippen LogP contribution is -2.41. The Morgan fingerprint density at radius 2 is 1.94 bits per heavy atom. The quantitative estimate of drug-likeness (QED) is 0.374. The molecule has 182 valence electrons. The number of anilines is 1. The highest BCUT2D eigenvalue weighted by Gasteiger charge is 2.41. The third kappa shape index (κ3) is 5.30. The van der Waals surface area contributed by atoms with Crippen molar-refractivity contribution in [1.82, 2.24) is 9.97 Å². The van der Waals surface area contributed by atoms with Crippen LogP contribution in [0.2, 0.25) is 0 Å². The molecule has 3 heterocycles. The van der Waals surface area contributed by atoms with Gasteiger partial charge in [0.05, 0.1) is 6.10 Å². The number of unbranched alkanes of at least 4 members (excludes halogenated alkanes) is 2. The molecule has 2 N–H and O–H groups in total. The highest BCUT2D eigenvalue weighted by molar-refractivity contribution is 6.06. The summed E-state index contributed by atoms with van der Waals surface area (Å²) >= 11 is 0. The average molecular weight is 470 g/mol. The van der Waals surface area contributed by atoms with Crippen LogP contribution in [0.4, 0.5) is 5.82 Å². The standard InChI is InChI=1S/C25H31N3O6/c1-25(2,3)34-24(32)17-13-15(29)14-28(17)23-22-21(16-9-7-8-10-18(16)33-22)26-19(27-23)11-5-4-6-12-20(30)31/h7-10,15,17,29H,4-6,11-14H2,1-3H3,(H,30,31)/t15-,17-/m0/s1. The summed E-state index contributed by atoms with van der Waals surface area (Å²) in [5.41, 5.74) is 1.14. The molecule has 9 heteroatoms. The fourth-order valence-corrected chi connectivity index (χ4v) is 4.31. The number of furan rings is 1. The topological polar surface area (TPSA) is 126 Å². The number of aromatic nitrogens is 2. The molecular weight excluding hydrogens is 438 g/mol. The van der Waals surface area contributed by atoms with E-state index in [0.29, 0.717) is 41.2 Å². The first-order chi connectivity index (χ1) is 16.1. The Balaban J connectivity index is 1.71. The van der Waals surface area contributed by atoms with Crippen LogP contribution in [-0.2, 0) is 20.7 Å². The molecule has 2 atom stereocenters. The zero-order valence-corrected chi connectivity index (χ0v) is 19.8. The minimum absolute atomic E-state index is 0.140. The van der Waals surface area contributed by atoms with Crippen LogP contribution in [0.5, 0.6) is 0 Å². The molecule has 1 saturated heterocycles. The summed E-state index contributed by atoms with van der Waals surface area (Å²) in [6, 6.07) is 6.89. The number of benzene rings is 1. The number of aryl methyl sites for hydroxylation is 1. The summed E-state index contributed by atoms with van der Waals surface area (Å²) in [6.07, 6.45) is 2.33. The molecule has 0 spiro atoms. The van der Waals surface area contributed by atoms with E-state index in [1.54, 1.807) is 4.90 Å². The van der Waals surface area contributed by atoms with Gasteiger partial charge in [0.1, 0.15) is 28.6 Å². The largest absolute Gasteiger partial charge is 0.481 e. The van der Waals surface area contributed by atoms with Crippen LogP contribution >= 0.6 is 0 Å². The van der Waals surface area contributed by atoms with Gasteiger partial charge in [0.25, 0.3) is 0 Å². The Morgan fingerprint density at radius 1 is 1.18 bits per heavy atom. The molecule has 0 saturated carbocycles. The fraction of sp³-hybridized carbons (Fsp3) is 0.520. The van der Waals surface area contributed by atoms with Gasteiger partial charge in [-0.1, -0.05) is 18.6 Å². The van der Waals surface area contributed by atoms with Gasteiger partial charge in [-0.3, -0.25) is 4.79 Å². The maximum Gasteiger partial charge on any atom is 0.329 e. The number of nitrogens with zero attached hydrogens (tertiary/aromatic N) is 3. The number of para-hydroxylation sites is 1. The monoisotopic (exact) mass is 469 g/mol. The number of carbonyl (C=O) groups excluding carboxylic acids is 1. The number of esters is 1. The van der Waals surface area contributed by atoms with Crippen LogP contribution in [0.3, 0.4) is 0 Å². The molecule has 2 aromatic heterocycles. The zero-order valence-electron chi connectivity index (χ0n) is 19.8. The van der Waals surface area contributed by atoms with E-state index in [1.165, 1.54) is 0 Å². The summed E-state index contributed by atoms with van der Waals surface area (Å²) < 4.78 is 11.7. The number of aliphatic hydroxyl groups excluding tert-OH is 1. The first kappa shape index (κ1) is 23.9. The molecule has 0 unspecified atom stereocenters. The molecule has 1 aliphatic heterocycles. The third-order valence-electron chi connectivity index (χ3n) is 5.77. The lowest BCUT2D eigenvalue weighted by molar-refractivity contribution is -0.156. The van der Waals surface area contributed by atoms with Gasteiger partial charge >= 0.3 is 11.9 Å². The summed E-state index contributed by atoms with van der Waals surface area (Å²) in [5.74, 6) is -0.157. The molecule has 4 rings (SSSR count). The van der Waals surface area contributed by atoms with Gasteiger partial charge in [0, 0.05) is 31.2 Å². The highest BCUT2D eigenvalue weighted by Crippen LogP contribution is 2.36. The maximum atomic E-state index is 13.0. The second-order valence-electron chi connectivity index (χ2n) is 9.78.